The Hall–Kier alpha value is -2.74. The van der Waals surface area contributed by atoms with Gasteiger partial charge in [-0.1, -0.05) is 13.8 Å². The minimum absolute atomic E-state index is 0.284. The van der Waals surface area contributed by atoms with Gasteiger partial charge in [-0.3, -0.25) is 4.79 Å². The molecule has 3 aromatic rings. The van der Waals surface area contributed by atoms with E-state index in [-0.39, 0.29) is 6.04 Å². The zero-order chi connectivity index (χ0) is 23.3. The number of hydrogen-bond donors (Lipinski definition) is 2. The lowest BCUT2D eigenvalue weighted by atomic mass is 9.98. The SMILES string of the molecule is CCC(CC)n1c(Cc2ccco2)nc2cc(C(=O)NC(C)(CCSC)C(=O)O)ccc21. The normalized spacial score (nSPS) is 13.4. The van der Waals surface area contributed by atoms with Crippen molar-refractivity contribution in [1.82, 2.24) is 14.9 Å². The van der Waals surface area contributed by atoms with Gasteiger partial charge in [0.05, 0.1) is 23.7 Å². The van der Waals surface area contributed by atoms with Gasteiger partial charge >= 0.3 is 5.97 Å². The lowest BCUT2D eigenvalue weighted by molar-refractivity contribution is -0.143. The van der Waals surface area contributed by atoms with E-state index >= 15 is 0 Å². The molecule has 1 amide bonds. The van der Waals surface area contributed by atoms with Crippen molar-refractivity contribution < 1.29 is 19.1 Å². The number of thioether (sulfide) groups is 1. The van der Waals surface area contributed by atoms with Crippen LogP contribution in [-0.2, 0) is 11.2 Å². The first kappa shape index (κ1) is 23.9. The molecule has 2 aromatic heterocycles. The second-order valence-corrected chi connectivity index (χ2v) is 9.15. The van der Waals surface area contributed by atoms with Crippen LogP contribution >= 0.6 is 11.8 Å². The number of furan rings is 1. The molecular formula is C24H31N3O4S. The molecule has 32 heavy (non-hydrogen) atoms. The van der Waals surface area contributed by atoms with E-state index in [1.54, 1.807) is 37.1 Å². The van der Waals surface area contributed by atoms with Crippen LogP contribution in [0.2, 0.25) is 0 Å². The monoisotopic (exact) mass is 457 g/mol. The van der Waals surface area contributed by atoms with Crippen molar-refractivity contribution in [3.8, 4) is 0 Å². The van der Waals surface area contributed by atoms with E-state index in [1.807, 2.05) is 24.5 Å². The van der Waals surface area contributed by atoms with Crippen LogP contribution < -0.4 is 5.32 Å². The molecule has 1 unspecified atom stereocenters. The lowest BCUT2D eigenvalue weighted by Gasteiger charge is -2.26. The zero-order valence-corrected chi connectivity index (χ0v) is 19.9. The average Bonchev–Trinajstić information content (AvgIpc) is 3.41. The van der Waals surface area contributed by atoms with E-state index in [1.165, 1.54) is 0 Å². The van der Waals surface area contributed by atoms with Gasteiger partial charge in [-0.15, -0.1) is 0 Å². The van der Waals surface area contributed by atoms with Crippen LogP contribution in [0.3, 0.4) is 0 Å². The highest BCUT2D eigenvalue weighted by molar-refractivity contribution is 7.98. The van der Waals surface area contributed by atoms with Crippen molar-refractivity contribution in [3.63, 3.8) is 0 Å². The molecule has 8 heteroatoms. The highest BCUT2D eigenvalue weighted by atomic mass is 32.2. The van der Waals surface area contributed by atoms with Gasteiger partial charge in [0.25, 0.3) is 5.91 Å². The van der Waals surface area contributed by atoms with Crippen LogP contribution in [0.4, 0.5) is 0 Å². The molecule has 1 atom stereocenters. The second-order valence-electron chi connectivity index (χ2n) is 8.16. The molecule has 0 aliphatic carbocycles. The molecule has 0 saturated carbocycles. The average molecular weight is 458 g/mol. The Morgan fingerprint density at radius 3 is 2.62 bits per heavy atom. The van der Waals surface area contributed by atoms with Gasteiger partial charge < -0.3 is 19.4 Å². The lowest BCUT2D eigenvalue weighted by Crippen LogP contribution is -2.52. The number of amides is 1. The highest BCUT2D eigenvalue weighted by Gasteiger charge is 2.34. The largest absolute Gasteiger partial charge is 0.480 e. The molecule has 0 spiro atoms. The molecular weight excluding hydrogens is 426 g/mol. The number of carbonyl (C=O) groups is 2. The molecule has 1 aromatic carbocycles. The number of nitrogens with zero attached hydrogens (tertiary/aromatic N) is 2. The second kappa shape index (κ2) is 10.3. The minimum atomic E-state index is -1.33. The molecule has 0 aliphatic heterocycles. The van der Waals surface area contributed by atoms with Crippen molar-refractivity contribution in [2.24, 2.45) is 0 Å². The van der Waals surface area contributed by atoms with Crippen molar-refractivity contribution >= 4 is 34.7 Å². The minimum Gasteiger partial charge on any atom is -0.480 e. The van der Waals surface area contributed by atoms with Crippen molar-refractivity contribution in [2.45, 2.75) is 58.0 Å². The number of carboxylic acid groups (broad SMARTS) is 1. The number of nitrogens with one attached hydrogen (secondary N) is 1. The Morgan fingerprint density at radius 1 is 1.28 bits per heavy atom. The molecule has 2 N–H and O–H groups in total. The molecule has 7 nitrogen and oxygen atoms in total. The zero-order valence-electron chi connectivity index (χ0n) is 19.1. The first-order valence-corrected chi connectivity index (χ1v) is 12.3. The molecule has 2 heterocycles. The van der Waals surface area contributed by atoms with Gasteiger partial charge in [0.15, 0.2) is 0 Å². The highest BCUT2D eigenvalue weighted by Crippen LogP contribution is 2.28. The first-order chi connectivity index (χ1) is 15.3. The summed E-state index contributed by atoms with van der Waals surface area (Å²) in [6, 6.07) is 9.46. The smallest absolute Gasteiger partial charge is 0.329 e. The molecule has 0 radical (unpaired) electrons. The fraction of sp³-hybridized carbons (Fsp3) is 0.458. The first-order valence-electron chi connectivity index (χ1n) is 10.9. The third-order valence-corrected chi connectivity index (χ3v) is 6.52. The van der Waals surface area contributed by atoms with E-state index in [9.17, 15) is 14.7 Å². The number of fused-ring (bicyclic) bond motifs is 1. The fourth-order valence-electron chi connectivity index (χ4n) is 3.90. The van der Waals surface area contributed by atoms with Crippen LogP contribution in [-0.4, -0.2) is 44.1 Å². The van der Waals surface area contributed by atoms with Crippen molar-refractivity contribution in [1.29, 1.82) is 0 Å². The van der Waals surface area contributed by atoms with Crippen molar-refractivity contribution in [3.05, 3.63) is 53.7 Å². The van der Waals surface area contributed by atoms with Gasteiger partial charge in [0.1, 0.15) is 17.1 Å². The summed E-state index contributed by atoms with van der Waals surface area (Å²) in [7, 11) is 0. The predicted molar refractivity (Wildman–Crippen MR) is 127 cm³/mol. The summed E-state index contributed by atoms with van der Waals surface area (Å²) in [6.07, 6.45) is 6.38. The van der Waals surface area contributed by atoms with Crippen LogP contribution in [0, 0.1) is 0 Å². The summed E-state index contributed by atoms with van der Waals surface area (Å²) in [4.78, 5) is 29.6. The summed E-state index contributed by atoms with van der Waals surface area (Å²) in [6.45, 7) is 5.85. The van der Waals surface area contributed by atoms with E-state index in [4.69, 9.17) is 9.40 Å². The van der Waals surface area contributed by atoms with Crippen LogP contribution in [0.25, 0.3) is 11.0 Å². The Labute approximate surface area is 192 Å². The Morgan fingerprint density at radius 2 is 2.03 bits per heavy atom. The quantitative estimate of drug-likeness (QED) is 0.425. The Balaban J connectivity index is 1.97. The summed E-state index contributed by atoms with van der Waals surface area (Å²) in [5, 5.41) is 12.4. The van der Waals surface area contributed by atoms with E-state index in [2.05, 4.69) is 23.7 Å². The standard InChI is InChI=1S/C24H31N3O4S/c1-5-17(6-2)27-20-10-9-16(22(28)26-24(3,23(29)30)11-13-32-4)14-19(20)25-21(27)15-18-8-7-12-31-18/h7-10,12,14,17H,5-6,11,13,15H2,1-4H3,(H,26,28)(H,29,30). The van der Waals surface area contributed by atoms with Gasteiger partial charge in [0.2, 0.25) is 0 Å². The molecule has 0 bridgehead atoms. The van der Waals surface area contributed by atoms with E-state index < -0.39 is 17.4 Å². The van der Waals surface area contributed by atoms with E-state index in [0.717, 1.165) is 29.9 Å². The summed E-state index contributed by atoms with van der Waals surface area (Å²) in [5.41, 5.74) is 0.745. The number of imidazole rings is 1. The molecule has 0 fully saturated rings. The molecule has 0 saturated heterocycles. The maximum Gasteiger partial charge on any atom is 0.329 e. The summed E-state index contributed by atoms with van der Waals surface area (Å²) >= 11 is 1.55. The number of hydrogen-bond acceptors (Lipinski definition) is 5. The number of carboxylic acids is 1. The number of aromatic nitrogens is 2. The third kappa shape index (κ3) is 5.01. The van der Waals surface area contributed by atoms with Crippen LogP contribution in [0.1, 0.15) is 68.0 Å². The summed E-state index contributed by atoms with van der Waals surface area (Å²) in [5.74, 6) is 0.897. The number of rotatable bonds is 11. The summed E-state index contributed by atoms with van der Waals surface area (Å²) < 4.78 is 7.77. The maximum absolute atomic E-state index is 12.9. The Bertz CT molecular complexity index is 1070. The Kier molecular flexibility index (Phi) is 7.66. The third-order valence-electron chi connectivity index (χ3n) is 5.91. The molecule has 0 aliphatic rings. The van der Waals surface area contributed by atoms with Crippen LogP contribution in [0.5, 0.6) is 0 Å². The van der Waals surface area contributed by atoms with Gasteiger partial charge in [-0.25, -0.2) is 9.78 Å². The molecule has 3 rings (SSSR count). The van der Waals surface area contributed by atoms with E-state index in [0.29, 0.717) is 29.7 Å². The maximum atomic E-state index is 12.9. The van der Waals surface area contributed by atoms with Gasteiger partial charge in [0, 0.05) is 11.6 Å². The topological polar surface area (TPSA) is 97.4 Å². The van der Waals surface area contributed by atoms with Crippen LogP contribution in [0.15, 0.2) is 41.0 Å². The van der Waals surface area contributed by atoms with Gasteiger partial charge in [-0.05, 0) is 68.5 Å². The van der Waals surface area contributed by atoms with Gasteiger partial charge in [-0.2, -0.15) is 11.8 Å². The fourth-order valence-corrected chi connectivity index (χ4v) is 4.51. The number of aliphatic carboxylic acids is 1. The molecule has 172 valence electrons. The number of carbonyl (C=O) groups excluding carboxylic acids is 1. The van der Waals surface area contributed by atoms with Crippen molar-refractivity contribution in [2.75, 3.05) is 12.0 Å². The number of benzene rings is 1. The predicted octanol–water partition coefficient (Wildman–Crippen LogP) is 4.91.